The standard InChI is InChI=1S/C21H28N4O4S/c1-4-29-21(27)17-13(2)16-18(22-14(3)23-19(16)30-17)25-7-5-6-15(12-25)20(26)24-8-10-28-11-9-24/h15H,4-12H2,1-3H3/t15-/m1/s1. The van der Waals surface area contributed by atoms with Gasteiger partial charge < -0.3 is 19.3 Å². The number of morpholine rings is 1. The Balaban J connectivity index is 1.64. The van der Waals surface area contributed by atoms with Crippen molar-refractivity contribution in [3.63, 3.8) is 0 Å². The summed E-state index contributed by atoms with van der Waals surface area (Å²) in [6.45, 7) is 9.94. The molecule has 2 saturated heterocycles. The first-order valence-corrected chi connectivity index (χ1v) is 11.4. The van der Waals surface area contributed by atoms with Gasteiger partial charge >= 0.3 is 5.97 Å². The molecule has 30 heavy (non-hydrogen) atoms. The minimum Gasteiger partial charge on any atom is -0.462 e. The highest BCUT2D eigenvalue weighted by Gasteiger charge is 2.32. The molecule has 0 aromatic carbocycles. The normalized spacial score (nSPS) is 19.9. The Morgan fingerprint density at radius 2 is 1.97 bits per heavy atom. The van der Waals surface area contributed by atoms with Crippen molar-refractivity contribution in [2.45, 2.75) is 33.6 Å². The van der Waals surface area contributed by atoms with E-state index in [9.17, 15) is 9.59 Å². The number of aryl methyl sites for hydroxylation is 2. The van der Waals surface area contributed by atoms with Crippen LogP contribution in [0.25, 0.3) is 10.2 Å². The summed E-state index contributed by atoms with van der Waals surface area (Å²) in [5, 5.41) is 0.896. The topological polar surface area (TPSA) is 84.9 Å². The number of thiophene rings is 1. The first-order chi connectivity index (χ1) is 14.5. The van der Waals surface area contributed by atoms with E-state index < -0.39 is 0 Å². The average Bonchev–Trinajstić information content (AvgIpc) is 3.09. The van der Waals surface area contributed by atoms with Crippen molar-refractivity contribution in [2.24, 2.45) is 5.92 Å². The fourth-order valence-electron chi connectivity index (χ4n) is 4.25. The lowest BCUT2D eigenvalue weighted by Gasteiger charge is -2.37. The van der Waals surface area contributed by atoms with E-state index in [1.165, 1.54) is 11.3 Å². The van der Waals surface area contributed by atoms with Crippen LogP contribution in [0.3, 0.4) is 0 Å². The van der Waals surface area contributed by atoms with Crippen LogP contribution in [-0.4, -0.2) is 72.7 Å². The van der Waals surface area contributed by atoms with Crippen LogP contribution < -0.4 is 4.90 Å². The predicted octanol–water partition coefficient (Wildman–Crippen LogP) is 2.56. The summed E-state index contributed by atoms with van der Waals surface area (Å²) in [4.78, 5) is 40.2. The third-order valence-electron chi connectivity index (χ3n) is 5.74. The molecule has 1 atom stereocenters. The van der Waals surface area contributed by atoms with E-state index in [0.717, 1.165) is 41.0 Å². The molecule has 9 heteroatoms. The summed E-state index contributed by atoms with van der Waals surface area (Å²) in [7, 11) is 0. The van der Waals surface area contributed by atoms with Crippen LogP contribution >= 0.6 is 11.3 Å². The van der Waals surface area contributed by atoms with Crippen LogP contribution in [0.2, 0.25) is 0 Å². The lowest BCUT2D eigenvalue weighted by Crippen LogP contribution is -2.48. The van der Waals surface area contributed by atoms with E-state index in [-0.39, 0.29) is 17.8 Å². The van der Waals surface area contributed by atoms with Gasteiger partial charge in [-0.3, -0.25) is 4.79 Å². The molecular weight excluding hydrogens is 404 g/mol. The van der Waals surface area contributed by atoms with Crippen molar-refractivity contribution in [2.75, 3.05) is 50.9 Å². The Labute approximate surface area is 180 Å². The van der Waals surface area contributed by atoms with Gasteiger partial charge in [0.1, 0.15) is 21.3 Å². The summed E-state index contributed by atoms with van der Waals surface area (Å²) < 4.78 is 10.6. The number of esters is 1. The number of amides is 1. The highest BCUT2D eigenvalue weighted by Crippen LogP contribution is 2.37. The van der Waals surface area contributed by atoms with Crippen molar-refractivity contribution < 1.29 is 19.1 Å². The number of piperidine rings is 1. The van der Waals surface area contributed by atoms with Crippen LogP contribution in [0.4, 0.5) is 5.82 Å². The summed E-state index contributed by atoms with van der Waals surface area (Å²) >= 11 is 1.35. The maximum Gasteiger partial charge on any atom is 0.348 e. The molecule has 4 rings (SSSR count). The predicted molar refractivity (Wildman–Crippen MR) is 115 cm³/mol. The molecule has 0 N–H and O–H groups in total. The molecule has 2 aliphatic heterocycles. The summed E-state index contributed by atoms with van der Waals surface area (Å²) in [5.74, 6) is 1.32. The fraction of sp³-hybridized carbons (Fsp3) is 0.619. The molecule has 2 aromatic heterocycles. The van der Waals surface area contributed by atoms with Crippen molar-refractivity contribution in [1.82, 2.24) is 14.9 Å². The minimum absolute atomic E-state index is 0.0503. The van der Waals surface area contributed by atoms with Gasteiger partial charge in [0.25, 0.3) is 0 Å². The Morgan fingerprint density at radius 3 is 2.70 bits per heavy atom. The van der Waals surface area contributed by atoms with Gasteiger partial charge in [0.05, 0.1) is 31.1 Å². The highest BCUT2D eigenvalue weighted by atomic mass is 32.1. The molecule has 0 saturated carbocycles. The number of aromatic nitrogens is 2. The van der Waals surface area contributed by atoms with E-state index in [1.807, 2.05) is 18.7 Å². The molecule has 0 aliphatic carbocycles. The molecule has 0 bridgehead atoms. The second kappa shape index (κ2) is 8.85. The zero-order valence-electron chi connectivity index (χ0n) is 17.8. The highest BCUT2D eigenvalue weighted by molar-refractivity contribution is 7.20. The maximum atomic E-state index is 13.0. The van der Waals surface area contributed by atoms with Gasteiger partial charge in [-0.05, 0) is 39.2 Å². The second-order valence-corrected chi connectivity index (χ2v) is 8.77. The lowest BCUT2D eigenvalue weighted by atomic mass is 9.96. The molecule has 2 aliphatic rings. The third kappa shape index (κ3) is 4.00. The molecule has 162 valence electrons. The van der Waals surface area contributed by atoms with Gasteiger partial charge in [0.2, 0.25) is 5.91 Å². The lowest BCUT2D eigenvalue weighted by molar-refractivity contribution is -0.139. The second-order valence-electron chi connectivity index (χ2n) is 7.77. The number of hydrogen-bond acceptors (Lipinski definition) is 8. The monoisotopic (exact) mass is 432 g/mol. The summed E-state index contributed by atoms with van der Waals surface area (Å²) in [5.41, 5.74) is 0.852. The van der Waals surface area contributed by atoms with Gasteiger partial charge in [0.15, 0.2) is 0 Å². The Hall–Kier alpha value is -2.26. The van der Waals surface area contributed by atoms with Crippen LogP contribution in [0.5, 0.6) is 0 Å². The third-order valence-corrected chi connectivity index (χ3v) is 6.90. The number of hydrogen-bond donors (Lipinski definition) is 0. The van der Waals surface area contributed by atoms with Crippen molar-refractivity contribution in [3.8, 4) is 0 Å². The number of carbonyl (C=O) groups excluding carboxylic acids is 2. The van der Waals surface area contributed by atoms with Gasteiger partial charge in [0, 0.05) is 26.2 Å². The largest absolute Gasteiger partial charge is 0.462 e. The number of anilines is 1. The molecule has 0 unspecified atom stereocenters. The number of ether oxygens (including phenoxy) is 2. The van der Waals surface area contributed by atoms with Crippen LogP contribution in [0.1, 0.15) is 40.8 Å². The number of rotatable bonds is 4. The zero-order valence-corrected chi connectivity index (χ0v) is 18.6. The van der Waals surface area contributed by atoms with E-state index in [1.54, 1.807) is 6.92 Å². The molecule has 2 fully saturated rings. The molecule has 0 radical (unpaired) electrons. The molecule has 2 aromatic rings. The number of carbonyl (C=O) groups is 2. The van der Waals surface area contributed by atoms with Crippen molar-refractivity contribution in [3.05, 3.63) is 16.3 Å². The summed E-state index contributed by atoms with van der Waals surface area (Å²) in [6.07, 6.45) is 1.82. The first kappa shape index (κ1) is 21.0. The summed E-state index contributed by atoms with van der Waals surface area (Å²) in [6, 6.07) is 0. The smallest absolute Gasteiger partial charge is 0.348 e. The number of nitrogens with zero attached hydrogens (tertiary/aromatic N) is 4. The minimum atomic E-state index is -0.319. The van der Waals surface area contributed by atoms with Crippen LogP contribution in [-0.2, 0) is 14.3 Å². The molecular formula is C21H28N4O4S. The van der Waals surface area contributed by atoms with Crippen molar-refractivity contribution in [1.29, 1.82) is 0 Å². The van der Waals surface area contributed by atoms with E-state index in [4.69, 9.17) is 14.5 Å². The first-order valence-electron chi connectivity index (χ1n) is 10.6. The fourth-order valence-corrected chi connectivity index (χ4v) is 5.37. The molecule has 4 heterocycles. The van der Waals surface area contributed by atoms with Gasteiger partial charge in [-0.1, -0.05) is 0 Å². The van der Waals surface area contributed by atoms with E-state index >= 15 is 0 Å². The Bertz CT molecular complexity index is 954. The quantitative estimate of drug-likeness (QED) is 0.687. The van der Waals surface area contributed by atoms with Gasteiger partial charge in [-0.25, -0.2) is 14.8 Å². The van der Waals surface area contributed by atoms with Gasteiger partial charge in [-0.15, -0.1) is 11.3 Å². The Morgan fingerprint density at radius 1 is 1.20 bits per heavy atom. The van der Waals surface area contributed by atoms with Gasteiger partial charge in [-0.2, -0.15) is 0 Å². The molecule has 8 nitrogen and oxygen atoms in total. The molecule has 1 amide bonds. The van der Waals surface area contributed by atoms with E-state index in [0.29, 0.717) is 50.2 Å². The van der Waals surface area contributed by atoms with Crippen LogP contribution in [0.15, 0.2) is 0 Å². The van der Waals surface area contributed by atoms with Crippen LogP contribution in [0, 0.1) is 19.8 Å². The SMILES string of the molecule is CCOC(=O)c1sc2nc(C)nc(N3CCC[C@@H](C(=O)N4CCOCC4)C3)c2c1C. The Kier molecular flexibility index (Phi) is 6.19. The zero-order chi connectivity index (χ0) is 21.3. The van der Waals surface area contributed by atoms with E-state index in [2.05, 4.69) is 9.88 Å². The number of fused-ring (bicyclic) bond motifs is 1. The molecule has 0 spiro atoms. The average molecular weight is 433 g/mol. The van der Waals surface area contributed by atoms with Crippen molar-refractivity contribution >= 4 is 39.2 Å². The maximum absolute atomic E-state index is 13.0.